The summed E-state index contributed by atoms with van der Waals surface area (Å²) in [4.78, 5) is 22.2. The molecule has 0 aromatic heterocycles. The van der Waals surface area contributed by atoms with Crippen LogP contribution in [-0.2, 0) is 0 Å². The average Bonchev–Trinajstić information content (AvgIpc) is 2.47. The van der Waals surface area contributed by atoms with Gasteiger partial charge in [-0.1, -0.05) is 11.6 Å². The summed E-state index contributed by atoms with van der Waals surface area (Å²) in [6, 6.07) is 12.1. The van der Waals surface area contributed by atoms with E-state index in [0.29, 0.717) is 16.3 Å². The number of carbonyl (C=O) groups is 1. The molecule has 2 rings (SSSR count). The van der Waals surface area contributed by atoms with E-state index in [-0.39, 0.29) is 11.5 Å². The summed E-state index contributed by atoms with van der Waals surface area (Å²) in [5.41, 5.74) is 0.466. The normalized spacial score (nSPS) is 11.7. The van der Waals surface area contributed by atoms with Crippen LogP contribution in [0, 0.1) is 10.1 Å². The number of nitro benzene ring substituents is 1. The molecule has 2 aromatic carbocycles. The number of non-ortho nitro benzene ring substituents is 1. The first-order valence-electron chi connectivity index (χ1n) is 6.18. The predicted molar refractivity (Wildman–Crippen MR) is 79.0 cm³/mol. The molecule has 0 amide bonds. The van der Waals surface area contributed by atoms with Crippen molar-refractivity contribution in [1.29, 1.82) is 0 Å². The fourth-order valence-electron chi connectivity index (χ4n) is 1.75. The zero-order chi connectivity index (χ0) is 15.4. The number of ether oxygens (including phenoxy) is 1. The van der Waals surface area contributed by atoms with Gasteiger partial charge in [0, 0.05) is 22.7 Å². The van der Waals surface area contributed by atoms with Crippen LogP contribution in [0.1, 0.15) is 17.3 Å². The van der Waals surface area contributed by atoms with E-state index in [1.807, 2.05) is 0 Å². The lowest BCUT2D eigenvalue weighted by Gasteiger charge is -2.13. The highest BCUT2D eigenvalue weighted by atomic mass is 35.5. The Morgan fingerprint density at radius 2 is 1.71 bits per heavy atom. The Morgan fingerprint density at radius 1 is 1.14 bits per heavy atom. The Bertz CT molecular complexity index is 652. The molecular weight excluding hydrogens is 294 g/mol. The number of carbonyl (C=O) groups excluding carboxylic acids is 1. The smallest absolute Gasteiger partial charge is 0.269 e. The Balaban J connectivity index is 2.06. The molecule has 0 unspecified atom stereocenters. The van der Waals surface area contributed by atoms with Gasteiger partial charge in [-0.2, -0.15) is 0 Å². The van der Waals surface area contributed by atoms with Gasteiger partial charge in [0.15, 0.2) is 6.10 Å². The number of ketones is 1. The number of hydrogen-bond donors (Lipinski definition) is 0. The minimum absolute atomic E-state index is 0.0287. The molecule has 2 aromatic rings. The van der Waals surface area contributed by atoms with Gasteiger partial charge in [-0.25, -0.2) is 0 Å². The second-order valence-electron chi connectivity index (χ2n) is 4.38. The molecule has 0 aliphatic carbocycles. The van der Waals surface area contributed by atoms with Crippen LogP contribution in [-0.4, -0.2) is 16.8 Å². The third kappa shape index (κ3) is 3.79. The van der Waals surface area contributed by atoms with Crippen molar-refractivity contribution in [3.63, 3.8) is 0 Å². The second-order valence-corrected chi connectivity index (χ2v) is 4.82. The van der Waals surface area contributed by atoms with Gasteiger partial charge < -0.3 is 4.74 Å². The first kappa shape index (κ1) is 15.0. The molecule has 0 fully saturated rings. The van der Waals surface area contributed by atoms with Gasteiger partial charge in [0.25, 0.3) is 5.69 Å². The molecule has 0 saturated carbocycles. The van der Waals surface area contributed by atoms with Gasteiger partial charge >= 0.3 is 0 Å². The maximum atomic E-state index is 12.2. The molecular formula is C15H12ClNO4. The minimum Gasteiger partial charge on any atom is -0.483 e. The molecule has 0 radical (unpaired) electrons. The molecule has 0 spiro atoms. The Labute approximate surface area is 126 Å². The van der Waals surface area contributed by atoms with Crippen LogP contribution in [0.15, 0.2) is 48.5 Å². The SMILES string of the molecule is C[C@@H](Oc1ccc([N+](=O)[O-])cc1)C(=O)c1ccc(Cl)cc1. The van der Waals surface area contributed by atoms with E-state index in [1.54, 1.807) is 31.2 Å². The zero-order valence-corrected chi connectivity index (χ0v) is 11.9. The number of nitro groups is 1. The highest BCUT2D eigenvalue weighted by Gasteiger charge is 2.17. The number of halogens is 1. The largest absolute Gasteiger partial charge is 0.483 e. The molecule has 0 N–H and O–H groups in total. The van der Waals surface area contributed by atoms with Gasteiger partial charge in [0.2, 0.25) is 5.78 Å². The average molecular weight is 306 g/mol. The van der Waals surface area contributed by atoms with Crippen molar-refractivity contribution in [3.05, 3.63) is 69.2 Å². The van der Waals surface area contributed by atoms with E-state index in [1.165, 1.54) is 24.3 Å². The van der Waals surface area contributed by atoms with Crippen molar-refractivity contribution in [2.75, 3.05) is 0 Å². The Hall–Kier alpha value is -2.40. The summed E-state index contributed by atoms with van der Waals surface area (Å²) in [5.74, 6) is 0.209. The predicted octanol–water partition coefficient (Wildman–Crippen LogP) is 3.90. The summed E-state index contributed by atoms with van der Waals surface area (Å²) in [6.45, 7) is 1.62. The number of Topliss-reactive ketones (excluding diaryl/α,β-unsaturated/α-hetero) is 1. The maximum Gasteiger partial charge on any atom is 0.269 e. The van der Waals surface area contributed by atoms with E-state index in [2.05, 4.69) is 0 Å². The van der Waals surface area contributed by atoms with Crippen LogP contribution < -0.4 is 4.74 Å². The lowest BCUT2D eigenvalue weighted by atomic mass is 10.1. The van der Waals surface area contributed by atoms with Gasteiger partial charge in [0.1, 0.15) is 5.75 Å². The fourth-order valence-corrected chi connectivity index (χ4v) is 1.88. The lowest BCUT2D eigenvalue weighted by molar-refractivity contribution is -0.384. The number of nitrogens with zero attached hydrogens (tertiary/aromatic N) is 1. The molecule has 0 saturated heterocycles. The van der Waals surface area contributed by atoms with E-state index in [4.69, 9.17) is 16.3 Å². The summed E-state index contributed by atoms with van der Waals surface area (Å²) in [5, 5.41) is 11.1. The third-order valence-corrected chi connectivity index (χ3v) is 3.11. The van der Waals surface area contributed by atoms with Crippen LogP contribution in [0.3, 0.4) is 0 Å². The van der Waals surface area contributed by atoms with Crippen LogP contribution in [0.25, 0.3) is 0 Å². The summed E-state index contributed by atoms with van der Waals surface area (Å²) in [7, 11) is 0. The highest BCUT2D eigenvalue weighted by Crippen LogP contribution is 2.19. The fraction of sp³-hybridized carbons (Fsp3) is 0.133. The Morgan fingerprint density at radius 3 is 2.24 bits per heavy atom. The lowest BCUT2D eigenvalue weighted by Crippen LogP contribution is -2.23. The zero-order valence-electron chi connectivity index (χ0n) is 11.2. The van der Waals surface area contributed by atoms with Crippen LogP contribution in [0.2, 0.25) is 5.02 Å². The number of hydrogen-bond acceptors (Lipinski definition) is 4. The standard InChI is InChI=1S/C15H12ClNO4/c1-10(15(18)11-2-4-12(16)5-3-11)21-14-8-6-13(7-9-14)17(19)20/h2-10H,1H3/t10-/m1/s1. The molecule has 0 heterocycles. The summed E-state index contributed by atoms with van der Waals surface area (Å²) >= 11 is 5.77. The van der Waals surface area contributed by atoms with E-state index in [0.717, 1.165) is 0 Å². The van der Waals surface area contributed by atoms with Crippen LogP contribution in [0.4, 0.5) is 5.69 Å². The maximum absolute atomic E-state index is 12.2. The molecule has 21 heavy (non-hydrogen) atoms. The van der Waals surface area contributed by atoms with E-state index >= 15 is 0 Å². The van der Waals surface area contributed by atoms with Crippen LogP contribution >= 0.6 is 11.6 Å². The van der Waals surface area contributed by atoms with Crippen molar-refractivity contribution in [3.8, 4) is 5.75 Å². The van der Waals surface area contributed by atoms with Gasteiger partial charge in [0.05, 0.1) is 4.92 Å². The van der Waals surface area contributed by atoms with Crippen molar-refractivity contribution >= 4 is 23.1 Å². The van der Waals surface area contributed by atoms with Gasteiger partial charge in [-0.3, -0.25) is 14.9 Å². The summed E-state index contributed by atoms with van der Waals surface area (Å²) in [6.07, 6.45) is -0.701. The second kappa shape index (κ2) is 6.37. The molecule has 108 valence electrons. The third-order valence-electron chi connectivity index (χ3n) is 2.86. The Kier molecular flexibility index (Phi) is 4.55. The monoisotopic (exact) mass is 305 g/mol. The number of benzene rings is 2. The van der Waals surface area contributed by atoms with Crippen molar-refractivity contribution in [1.82, 2.24) is 0 Å². The molecule has 1 atom stereocenters. The summed E-state index contributed by atoms with van der Waals surface area (Å²) < 4.78 is 5.49. The molecule has 6 heteroatoms. The highest BCUT2D eigenvalue weighted by molar-refractivity contribution is 6.30. The molecule has 0 aliphatic rings. The van der Waals surface area contributed by atoms with Gasteiger partial charge in [-0.15, -0.1) is 0 Å². The van der Waals surface area contributed by atoms with E-state index in [9.17, 15) is 14.9 Å². The molecule has 5 nitrogen and oxygen atoms in total. The minimum atomic E-state index is -0.701. The first-order chi connectivity index (χ1) is 9.97. The van der Waals surface area contributed by atoms with Crippen molar-refractivity contribution in [2.24, 2.45) is 0 Å². The van der Waals surface area contributed by atoms with Crippen molar-refractivity contribution < 1.29 is 14.5 Å². The van der Waals surface area contributed by atoms with Gasteiger partial charge in [-0.05, 0) is 43.3 Å². The topological polar surface area (TPSA) is 69.4 Å². The van der Waals surface area contributed by atoms with Crippen molar-refractivity contribution in [2.45, 2.75) is 13.0 Å². The number of rotatable bonds is 5. The quantitative estimate of drug-likeness (QED) is 0.477. The molecule has 0 bridgehead atoms. The van der Waals surface area contributed by atoms with E-state index < -0.39 is 11.0 Å². The van der Waals surface area contributed by atoms with Crippen LogP contribution in [0.5, 0.6) is 5.75 Å². The molecule has 0 aliphatic heterocycles. The first-order valence-corrected chi connectivity index (χ1v) is 6.56.